The minimum absolute atomic E-state index is 0.0120. The van der Waals surface area contributed by atoms with Crippen LogP contribution in [0.4, 0.5) is 0 Å². The Morgan fingerprint density at radius 1 is 0.970 bits per heavy atom. The fourth-order valence-electron chi connectivity index (χ4n) is 3.82. The number of halogens is 1. The van der Waals surface area contributed by atoms with Crippen LogP contribution in [0.3, 0.4) is 0 Å². The number of Topliss-reactive ketones (excluding diaryl/α,β-unsaturated/α-hetero) is 1. The van der Waals surface area contributed by atoms with Gasteiger partial charge in [-0.15, -0.1) is 0 Å². The summed E-state index contributed by atoms with van der Waals surface area (Å²) in [7, 11) is 0. The van der Waals surface area contributed by atoms with Gasteiger partial charge in [0.2, 0.25) is 17.6 Å². The number of nitrogens with zero attached hydrogens (tertiary/aromatic N) is 4. The number of hydrogen-bond donors (Lipinski definition) is 0. The fraction of sp³-hybridized carbons (Fsp3) is 0.360. The average Bonchev–Trinajstić information content (AvgIpc) is 3.28. The number of carbonyl (C=O) groups is 2. The van der Waals surface area contributed by atoms with Gasteiger partial charge in [-0.05, 0) is 55.3 Å². The first-order valence-corrected chi connectivity index (χ1v) is 11.5. The third-order valence-electron chi connectivity index (χ3n) is 6.05. The molecule has 172 valence electrons. The van der Waals surface area contributed by atoms with Gasteiger partial charge >= 0.3 is 0 Å². The van der Waals surface area contributed by atoms with Gasteiger partial charge < -0.3 is 9.42 Å². The van der Waals surface area contributed by atoms with Crippen LogP contribution in [0, 0.1) is 13.8 Å². The third kappa shape index (κ3) is 5.86. The van der Waals surface area contributed by atoms with Crippen LogP contribution < -0.4 is 0 Å². The summed E-state index contributed by atoms with van der Waals surface area (Å²) in [5.41, 5.74) is 3.76. The molecule has 1 aliphatic heterocycles. The van der Waals surface area contributed by atoms with Crippen LogP contribution in [-0.2, 0) is 11.3 Å². The number of aryl methyl sites for hydroxylation is 2. The zero-order valence-corrected chi connectivity index (χ0v) is 19.6. The number of rotatable bonds is 7. The Kier molecular flexibility index (Phi) is 7.20. The lowest BCUT2D eigenvalue weighted by atomic mass is 10.0. The monoisotopic (exact) mass is 466 g/mol. The maximum absolute atomic E-state index is 12.6. The summed E-state index contributed by atoms with van der Waals surface area (Å²) in [6, 6.07) is 13.0. The number of piperazine rings is 1. The van der Waals surface area contributed by atoms with Gasteiger partial charge in [0.25, 0.3) is 0 Å². The molecular weight excluding hydrogens is 440 g/mol. The van der Waals surface area contributed by atoms with Crippen molar-refractivity contribution in [3.05, 3.63) is 70.1 Å². The van der Waals surface area contributed by atoms with Crippen molar-refractivity contribution >= 4 is 23.3 Å². The molecule has 0 unspecified atom stereocenters. The van der Waals surface area contributed by atoms with Crippen LogP contribution in [-0.4, -0.2) is 57.8 Å². The Morgan fingerprint density at radius 3 is 2.39 bits per heavy atom. The average molecular weight is 467 g/mol. The van der Waals surface area contributed by atoms with E-state index in [4.69, 9.17) is 16.1 Å². The molecule has 33 heavy (non-hydrogen) atoms. The van der Waals surface area contributed by atoms with Crippen LogP contribution in [0.5, 0.6) is 0 Å². The van der Waals surface area contributed by atoms with Crippen molar-refractivity contribution in [1.82, 2.24) is 19.9 Å². The molecule has 0 aliphatic carbocycles. The van der Waals surface area contributed by atoms with Gasteiger partial charge in [-0.2, -0.15) is 4.98 Å². The number of amides is 1. The lowest BCUT2D eigenvalue weighted by Gasteiger charge is -2.34. The predicted octanol–water partition coefficient (Wildman–Crippen LogP) is 4.31. The van der Waals surface area contributed by atoms with Crippen LogP contribution in [0.15, 0.2) is 47.0 Å². The normalized spacial score (nSPS) is 14.5. The van der Waals surface area contributed by atoms with Gasteiger partial charge in [0, 0.05) is 55.2 Å². The molecule has 7 nitrogen and oxygen atoms in total. The number of benzene rings is 2. The van der Waals surface area contributed by atoms with E-state index in [1.54, 1.807) is 12.1 Å². The molecule has 4 rings (SSSR count). The van der Waals surface area contributed by atoms with Gasteiger partial charge in [-0.25, -0.2) is 0 Å². The SMILES string of the molecule is Cc1ccc(C(=O)CCC(=O)N2CCN(Cc3nc(-c4ccc(Cl)cc4)no3)CC2)cc1C. The third-order valence-corrected chi connectivity index (χ3v) is 6.30. The van der Waals surface area contributed by atoms with Gasteiger partial charge in [-0.3, -0.25) is 14.5 Å². The van der Waals surface area contributed by atoms with E-state index in [1.165, 1.54) is 0 Å². The summed E-state index contributed by atoms with van der Waals surface area (Å²) in [6.07, 6.45) is 0.469. The maximum atomic E-state index is 12.6. The summed E-state index contributed by atoms with van der Waals surface area (Å²) >= 11 is 5.93. The largest absolute Gasteiger partial charge is 0.340 e. The molecule has 2 heterocycles. The highest BCUT2D eigenvalue weighted by Gasteiger charge is 2.23. The topological polar surface area (TPSA) is 79.5 Å². The van der Waals surface area contributed by atoms with E-state index >= 15 is 0 Å². The van der Waals surface area contributed by atoms with E-state index in [2.05, 4.69) is 15.0 Å². The highest BCUT2D eigenvalue weighted by Crippen LogP contribution is 2.19. The zero-order valence-electron chi connectivity index (χ0n) is 18.9. The second-order valence-corrected chi connectivity index (χ2v) is 8.83. The highest BCUT2D eigenvalue weighted by molar-refractivity contribution is 6.30. The molecule has 0 saturated carbocycles. The molecule has 0 N–H and O–H groups in total. The molecule has 1 aliphatic rings. The van der Waals surface area contributed by atoms with Crippen molar-refractivity contribution in [1.29, 1.82) is 0 Å². The van der Waals surface area contributed by atoms with Crippen molar-refractivity contribution < 1.29 is 14.1 Å². The number of hydrogen-bond acceptors (Lipinski definition) is 6. The molecule has 0 atom stereocenters. The molecule has 2 aromatic carbocycles. The van der Waals surface area contributed by atoms with E-state index < -0.39 is 0 Å². The molecule has 8 heteroatoms. The van der Waals surface area contributed by atoms with Crippen molar-refractivity contribution in [2.24, 2.45) is 0 Å². The molecule has 1 saturated heterocycles. The Hall–Kier alpha value is -3.03. The van der Waals surface area contributed by atoms with Gasteiger partial charge in [-0.1, -0.05) is 28.9 Å². The van der Waals surface area contributed by atoms with E-state index in [1.807, 2.05) is 49.1 Å². The second-order valence-electron chi connectivity index (χ2n) is 8.40. The summed E-state index contributed by atoms with van der Waals surface area (Å²) < 4.78 is 5.40. The lowest BCUT2D eigenvalue weighted by Crippen LogP contribution is -2.48. The number of aromatic nitrogens is 2. The van der Waals surface area contributed by atoms with Crippen molar-refractivity contribution in [2.75, 3.05) is 26.2 Å². The van der Waals surface area contributed by atoms with Crippen LogP contribution >= 0.6 is 11.6 Å². The van der Waals surface area contributed by atoms with E-state index in [0.29, 0.717) is 41.9 Å². The van der Waals surface area contributed by atoms with Gasteiger partial charge in [0.05, 0.1) is 6.54 Å². The predicted molar refractivity (Wildman–Crippen MR) is 126 cm³/mol. The summed E-state index contributed by atoms with van der Waals surface area (Å²) in [6.45, 7) is 7.22. The molecule has 0 bridgehead atoms. The second kappa shape index (κ2) is 10.3. The van der Waals surface area contributed by atoms with Crippen molar-refractivity contribution in [2.45, 2.75) is 33.2 Å². The Balaban J connectivity index is 1.23. The minimum atomic E-state index is 0.0120. The zero-order chi connectivity index (χ0) is 23.4. The molecular formula is C25H27ClN4O3. The first-order chi connectivity index (χ1) is 15.9. The summed E-state index contributed by atoms with van der Waals surface area (Å²) in [5.74, 6) is 1.11. The fourth-order valence-corrected chi connectivity index (χ4v) is 3.95. The van der Waals surface area contributed by atoms with Gasteiger partial charge in [0.1, 0.15) is 0 Å². The minimum Gasteiger partial charge on any atom is -0.340 e. The number of ketones is 1. The highest BCUT2D eigenvalue weighted by atomic mass is 35.5. The molecule has 1 aromatic heterocycles. The smallest absolute Gasteiger partial charge is 0.241 e. The number of carbonyl (C=O) groups excluding carboxylic acids is 2. The lowest BCUT2D eigenvalue weighted by molar-refractivity contribution is -0.133. The van der Waals surface area contributed by atoms with Crippen molar-refractivity contribution in [3.63, 3.8) is 0 Å². The first-order valence-electron chi connectivity index (χ1n) is 11.1. The summed E-state index contributed by atoms with van der Waals surface area (Å²) in [5, 5.41) is 4.71. The van der Waals surface area contributed by atoms with E-state index in [-0.39, 0.29) is 24.5 Å². The van der Waals surface area contributed by atoms with E-state index in [0.717, 1.165) is 29.8 Å². The molecule has 1 fully saturated rings. The quantitative estimate of drug-likeness (QED) is 0.482. The van der Waals surface area contributed by atoms with Crippen LogP contribution in [0.2, 0.25) is 5.02 Å². The Morgan fingerprint density at radius 2 is 1.70 bits per heavy atom. The molecule has 0 radical (unpaired) electrons. The Bertz CT molecular complexity index is 1130. The first kappa shape index (κ1) is 23.1. The maximum Gasteiger partial charge on any atom is 0.241 e. The van der Waals surface area contributed by atoms with E-state index in [9.17, 15) is 9.59 Å². The Labute approximate surface area is 198 Å². The van der Waals surface area contributed by atoms with Crippen LogP contribution in [0.25, 0.3) is 11.4 Å². The van der Waals surface area contributed by atoms with Crippen LogP contribution in [0.1, 0.15) is 40.2 Å². The molecule has 1 amide bonds. The molecule has 0 spiro atoms. The van der Waals surface area contributed by atoms with Crippen molar-refractivity contribution in [3.8, 4) is 11.4 Å². The summed E-state index contributed by atoms with van der Waals surface area (Å²) in [4.78, 5) is 33.6. The molecule has 3 aromatic rings. The van der Waals surface area contributed by atoms with Gasteiger partial charge in [0.15, 0.2) is 5.78 Å². The standard InChI is InChI=1S/C25H27ClN4O3/c1-17-3-4-20(15-18(17)2)22(31)9-10-24(32)30-13-11-29(12-14-30)16-23-27-25(28-33-23)19-5-7-21(26)8-6-19/h3-8,15H,9-14,16H2,1-2H3.